The van der Waals surface area contributed by atoms with Gasteiger partial charge in [0.1, 0.15) is 5.82 Å². The minimum Gasteiger partial charge on any atom is -0.350 e. The summed E-state index contributed by atoms with van der Waals surface area (Å²) < 4.78 is 13.3. The fraction of sp³-hybridized carbons (Fsp3) is 0.462. The standard InChI is InChI=1S/C13H17FN2O/c1-9-3-4-10(7-11(9)14)12(17)16-8-13(15)5-2-6-13/h3-4,7H,2,5-6,8,15H2,1H3,(H,16,17). The molecule has 1 amide bonds. The van der Waals surface area contributed by atoms with Crippen LogP contribution in [0.25, 0.3) is 0 Å². The highest BCUT2D eigenvalue weighted by molar-refractivity contribution is 5.94. The molecule has 1 aliphatic rings. The van der Waals surface area contributed by atoms with Crippen molar-refractivity contribution in [2.45, 2.75) is 31.7 Å². The van der Waals surface area contributed by atoms with Crippen molar-refractivity contribution in [1.29, 1.82) is 0 Å². The molecule has 92 valence electrons. The minimum atomic E-state index is -0.358. The van der Waals surface area contributed by atoms with Gasteiger partial charge in [-0.05, 0) is 43.9 Å². The van der Waals surface area contributed by atoms with Crippen LogP contribution in [-0.4, -0.2) is 18.0 Å². The van der Waals surface area contributed by atoms with Gasteiger partial charge in [0.2, 0.25) is 0 Å². The molecule has 1 aromatic carbocycles. The molecule has 0 saturated heterocycles. The molecule has 0 atom stereocenters. The molecule has 0 heterocycles. The van der Waals surface area contributed by atoms with Gasteiger partial charge in [0.25, 0.3) is 5.91 Å². The van der Waals surface area contributed by atoms with Gasteiger partial charge in [-0.2, -0.15) is 0 Å². The summed E-state index contributed by atoms with van der Waals surface area (Å²) >= 11 is 0. The lowest BCUT2D eigenvalue weighted by molar-refractivity contribution is 0.0929. The second kappa shape index (κ2) is 4.45. The van der Waals surface area contributed by atoms with E-state index in [0.717, 1.165) is 19.3 Å². The van der Waals surface area contributed by atoms with E-state index in [1.165, 1.54) is 6.07 Å². The van der Waals surface area contributed by atoms with Crippen LogP contribution in [0.1, 0.15) is 35.2 Å². The second-order valence-electron chi connectivity index (χ2n) is 4.86. The van der Waals surface area contributed by atoms with Crippen molar-refractivity contribution in [3.05, 3.63) is 35.1 Å². The highest BCUT2D eigenvalue weighted by Crippen LogP contribution is 2.28. The highest BCUT2D eigenvalue weighted by Gasteiger charge is 2.32. The molecule has 0 spiro atoms. The molecule has 0 aliphatic heterocycles. The zero-order chi connectivity index (χ0) is 12.5. The molecule has 1 aromatic rings. The third-order valence-electron chi connectivity index (χ3n) is 3.38. The number of nitrogens with two attached hydrogens (primary N) is 1. The summed E-state index contributed by atoms with van der Waals surface area (Å²) in [6, 6.07) is 4.48. The summed E-state index contributed by atoms with van der Waals surface area (Å²) in [4.78, 5) is 11.8. The summed E-state index contributed by atoms with van der Waals surface area (Å²) in [5, 5.41) is 2.76. The number of carbonyl (C=O) groups is 1. The maximum Gasteiger partial charge on any atom is 0.251 e. The largest absolute Gasteiger partial charge is 0.350 e. The minimum absolute atomic E-state index is 0.251. The van der Waals surface area contributed by atoms with Crippen LogP contribution in [0.4, 0.5) is 4.39 Å². The molecule has 0 aromatic heterocycles. The van der Waals surface area contributed by atoms with E-state index >= 15 is 0 Å². The average Bonchev–Trinajstić information content (AvgIpc) is 2.27. The Kier molecular flexibility index (Phi) is 3.15. The van der Waals surface area contributed by atoms with Crippen LogP contribution in [0.2, 0.25) is 0 Å². The van der Waals surface area contributed by atoms with Crippen LogP contribution >= 0.6 is 0 Å². The monoisotopic (exact) mass is 236 g/mol. The molecule has 2 rings (SSSR count). The number of hydrogen-bond donors (Lipinski definition) is 2. The molecule has 3 nitrogen and oxygen atoms in total. The zero-order valence-electron chi connectivity index (χ0n) is 9.92. The van der Waals surface area contributed by atoms with Crippen LogP contribution < -0.4 is 11.1 Å². The van der Waals surface area contributed by atoms with Gasteiger partial charge in [0, 0.05) is 17.6 Å². The Hall–Kier alpha value is -1.42. The molecule has 3 N–H and O–H groups in total. The van der Waals surface area contributed by atoms with E-state index in [-0.39, 0.29) is 17.3 Å². The first-order valence-corrected chi connectivity index (χ1v) is 5.83. The van der Waals surface area contributed by atoms with Gasteiger partial charge in [-0.15, -0.1) is 0 Å². The molecular formula is C13H17FN2O. The molecule has 4 heteroatoms. The van der Waals surface area contributed by atoms with Crippen LogP contribution in [0.15, 0.2) is 18.2 Å². The van der Waals surface area contributed by atoms with Crippen LogP contribution in [-0.2, 0) is 0 Å². The van der Waals surface area contributed by atoms with Gasteiger partial charge in [-0.25, -0.2) is 4.39 Å². The smallest absolute Gasteiger partial charge is 0.251 e. The van der Waals surface area contributed by atoms with Crippen molar-refractivity contribution >= 4 is 5.91 Å². The predicted molar refractivity (Wildman–Crippen MR) is 64.2 cm³/mol. The first-order chi connectivity index (χ1) is 8.00. The number of aryl methyl sites for hydroxylation is 1. The van der Waals surface area contributed by atoms with Crippen molar-refractivity contribution in [3.63, 3.8) is 0 Å². The molecule has 17 heavy (non-hydrogen) atoms. The summed E-state index contributed by atoms with van der Waals surface area (Å²) in [5.74, 6) is -0.621. The molecule has 1 aliphatic carbocycles. The number of carbonyl (C=O) groups excluding carboxylic acids is 1. The Morgan fingerprint density at radius 2 is 2.24 bits per heavy atom. The van der Waals surface area contributed by atoms with E-state index in [9.17, 15) is 9.18 Å². The van der Waals surface area contributed by atoms with E-state index in [2.05, 4.69) is 5.32 Å². The Morgan fingerprint density at radius 1 is 1.53 bits per heavy atom. The molecule has 0 radical (unpaired) electrons. The van der Waals surface area contributed by atoms with E-state index < -0.39 is 0 Å². The molecule has 1 fully saturated rings. The quantitative estimate of drug-likeness (QED) is 0.840. The maximum atomic E-state index is 13.3. The summed E-state index contributed by atoms with van der Waals surface area (Å²) in [5.41, 5.74) is 6.62. The number of rotatable bonds is 3. The van der Waals surface area contributed by atoms with Crippen molar-refractivity contribution < 1.29 is 9.18 Å². The van der Waals surface area contributed by atoms with E-state index in [1.54, 1.807) is 19.1 Å². The number of halogens is 1. The summed E-state index contributed by atoms with van der Waals surface area (Å²) in [7, 11) is 0. The number of amides is 1. The number of nitrogens with one attached hydrogen (secondary N) is 1. The first-order valence-electron chi connectivity index (χ1n) is 5.83. The van der Waals surface area contributed by atoms with Crippen LogP contribution in [0, 0.1) is 12.7 Å². The SMILES string of the molecule is Cc1ccc(C(=O)NCC2(N)CCC2)cc1F. The van der Waals surface area contributed by atoms with Crippen LogP contribution in [0.3, 0.4) is 0 Å². The second-order valence-corrected chi connectivity index (χ2v) is 4.86. The lowest BCUT2D eigenvalue weighted by Crippen LogP contribution is -2.54. The molecule has 0 unspecified atom stereocenters. The molecular weight excluding hydrogens is 219 g/mol. The third-order valence-corrected chi connectivity index (χ3v) is 3.38. The summed E-state index contributed by atoms with van der Waals surface area (Å²) in [6.07, 6.45) is 3.00. The van der Waals surface area contributed by atoms with Gasteiger partial charge >= 0.3 is 0 Å². The van der Waals surface area contributed by atoms with Gasteiger partial charge in [-0.3, -0.25) is 4.79 Å². The fourth-order valence-corrected chi connectivity index (χ4v) is 1.90. The van der Waals surface area contributed by atoms with Crippen LogP contribution in [0.5, 0.6) is 0 Å². The molecule has 1 saturated carbocycles. The lowest BCUT2D eigenvalue weighted by atomic mass is 9.78. The van der Waals surface area contributed by atoms with E-state index in [4.69, 9.17) is 5.73 Å². The predicted octanol–water partition coefficient (Wildman–Crippen LogP) is 1.75. The van der Waals surface area contributed by atoms with Gasteiger partial charge < -0.3 is 11.1 Å². The Balaban J connectivity index is 1.97. The van der Waals surface area contributed by atoms with Crippen molar-refractivity contribution in [1.82, 2.24) is 5.32 Å². The fourth-order valence-electron chi connectivity index (χ4n) is 1.90. The lowest BCUT2D eigenvalue weighted by Gasteiger charge is -2.38. The van der Waals surface area contributed by atoms with E-state index in [1.807, 2.05) is 0 Å². The van der Waals surface area contributed by atoms with Crippen molar-refractivity contribution in [3.8, 4) is 0 Å². The third kappa shape index (κ3) is 2.64. The topological polar surface area (TPSA) is 55.1 Å². The van der Waals surface area contributed by atoms with Gasteiger partial charge in [0.05, 0.1) is 0 Å². The zero-order valence-corrected chi connectivity index (χ0v) is 9.92. The van der Waals surface area contributed by atoms with E-state index in [0.29, 0.717) is 17.7 Å². The highest BCUT2D eigenvalue weighted by atomic mass is 19.1. The molecule has 0 bridgehead atoms. The maximum absolute atomic E-state index is 13.3. The Labute approximate surface area is 100 Å². The Morgan fingerprint density at radius 3 is 2.76 bits per heavy atom. The first kappa shape index (κ1) is 12.0. The normalized spacial score (nSPS) is 17.4. The number of hydrogen-bond acceptors (Lipinski definition) is 2. The van der Waals surface area contributed by atoms with Gasteiger partial charge in [0.15, 0.2) is 0 Å². The number of benzene rings is 1. The van der Waals surface area contributed by atoms with Crippen molar-refractivity contribution in [2.24, 2.45) is 5.73 Å². The Bertz CT molecular complexity index is 441. The van der Waals surface area contributed by atoms with Gasteiger partial charge in [-0.1, -0.05) is 6.07 Å². The summed E-state index contributed by atoms with van der Waals surface area (Å²) in [6.45, 7) is 2.13. The van der Waals surface area contributed by atoms with Crippen molar-refractivity contribution in [2.75, 3.05) is 6.54 Å². The average molecular weight is 236 g/mol.